The molecule has 0 aliphatic heterocycles. The smallest absolute Gasteiger partial charge is 0.135 e. The molecule has 3 heteroatoms. The van der Waals surface area contributed by atoms with Crippen LogP contribution in [0.3, 0.4) is 0 Å². The number of thiophene rings is 1. The minimum Gasteiger partial charge on any atom is -0.206 e. The highest BCUT2D eigenvalue weighted by atomic mass is 32.1. The quantitative estimate of drug-likeness (QED) is 0.422. The molecule has 0 N–H and O–H groups in total. The van der Waals surface area contributed by atoms with Crippen molar-refractivity contribution in [1.29, 1.82) is 0 Å². The molecule has 1 saturated carbocycles. The van der Waals surface area contributed by atoms with Gasteiger partial charge in [-0.05, 0) is 72.1 Å². The number of halogens is 2. The highest BCUT2D eigenvalue weighted by Gasteiger charge is 2.20. The van der Waals surface area contributed by atoms with E-state index >= 15 is 0 Å². The summed E-state index contributed by atoms with van der Waals surface area (Å²) >= 11 is 1.48. The molecule has 1 aliphatic carbocycles. The van der Waals surface area contributed by atoms with Gasteiger partial charge in [-0.15, -0.1) is 11.3 Å². The van der Waals surface area contributed by atoms with Crippen LogP contribution in [0.1, 0.15) is 49.5 Å². The van der Waals surface area contributed by atoms with E-state index < -0.39 is 11.6 Å². The number of rotatable bonds is 5. The second kappa shape index (κ2) is 7.55. The summed E-state index contributed by atoms with van der Waals surface area (Å²) in [6.45, 7) is 4.29. The van der Waals surface area contributed by atoms with Crippen molar-refractivity contribution in [2.75, 3.05) is 0 Å². The van der Waals surface area contributed by atoms with Gasteiger partial charge >= 0.3 is 0 Å². The van der Waals surface area contributed by atoms with Crippen molar-refractivity contribution in [3.63, 3.8) is 0 Å². The Morgan fingerprint density at radius 1 is 0.926 bits per heavy atom. The van der Waals surface area contributed by atoms with Gasteiger partial charge in [-0.25, -0.2) is 8.78 Å². The van der Waals surface area contributed by atoms with Gasteiger partial charge in [0.15, 0.2) is 0 Å². The summed E-state index contributed by atoms with van der Waals surface area (Å²) in [5.74, 6) is 0.197. The third kappa shape index (κ3) is 3.84. The Morgan fingerprint density at radius 3 is 2.15 bits per heavy atom. The number of hydrogen-bond donors (Lipinski definition) is 0. The molecule has 1 heterocycles. The fraction of sp³-hybridized carbons (Fsp3) is 0.333. The van der Waals surface area contributed by atoms with Crippen molar-refractivity contribution >= 4 is 11.3 Å². The van der Waals surface area contributed by atoms with Crippen molar-refractivity contribution in [3.8, 4) is 21.6 Å². The Morgan fingerprint density at radius 2 is 1.59 bits per heavy atom. The monoisotopic (exact) mass is 382 g/mol. The Hall–Kier alpha value is -2.00. The number of hydrogen-bond acceptors (Lipinski definition) is 1. The SMILES string of the molecule is CC(C)Cc1ccc(-c2c(F)cc(-c3ccc(C4CCC4)cc3)cc2F)s1. The molecule has 2 aromatic carbocycles. The van der Waals surface area contributed by atoms with E-state index in [-0.39, 0.29) is 5.56 Å². The second-order valence-corrected chi connectivity index (χ2v) is 9.10. The average molecular weight is 383 g/mol. The van der Waals surface area contributed by atoms with Gasteiger partial charge in [0.05, 0.1) is 5.56 Å². The van der Waals surface area contributed by atoms with Crippen LogP contribution >= 0.6 is 11.3 Å². The van der Waals surface area contributed by atoms with E-state index in [1.807, 2.05) is 24.3 Å². The van der Waals surface area contributed by atoms with Crippen LogP contribution < -0.4 is 0 Å². The highest BCUT2D eigenvalue weighted by Crippen LogP contribution is 2.38. The summed E-state index contributed by atoms with van der Waals surface area (Å²) in [6.07, 6.45) is 4.72. The Bertz CT molecular complexity index is 910. The van der Waals surface area contributed by atoms with Crippen molar-refractivity contribution in [1.82, 2.24) is 0 Å². The van der Waals surface area contributed by atoms with Crippen LogP contribution in [-0.4, -0.2) is 0 Å². The Kier molecular flexibility index (Phi) is 5.14. The van der Waals surface area contributed by atoms with Crippen LogP contribution in [0.15, 0.2) is 48.5 Å². The Labute approximate surface area is 163 Å². The van der Waals surface area contributed by atoms with E-state index in [1.54, 1.807) is 0 Å². The molecular formula is C24H24F2S. The number of benzene rings is 2. The molecule has 140 valence electrons. The lowest BCUT2D eigenvalue weighted by atomic mass is 9.80. The summed E-state index contributed by atoms with van der Waals surface area (Å²) in [7, 11) is 0. The predicted octanol–water partition coefficient (Wildman–Crippen LogP) is 7.83. The van der Waals surface area contributed by atoms with E-state index in [0.29, 0.717) is 22.3 Å². The van der Waals surface area contributed by atoms with E-state index in [0.717, 1.165) is 16.9 Å². The topological polar surface area (TPSA) is 0 Å². The zero-order valence-electron chi connectivity index (χ0n) is 15.8. The average Bonchev–Trinajstić information content (AvgIpc) is 3.00. The van der Waals surface area contributed by atoms with Crippen LogP contribution in [0.2, 0.25) is 0 Å². The molecule has 0 radical (unpaired) electrons. The zero-order chi connectivity index (χ0) is 19.0. The van der Waals surface area contributed by atoms with Crippen LogP contribution in [-0.2, 0) is 6.42 Å². The molecule has 0 spiro atoms. The fourth-order valence-corrected chi connectivity index (χ4v) is 4.96. The van der Waals surface area contributed by atoms with Crippen molar-refractivity contribution in [2.45, 2.75) is 45.4 Å². The summed E-state index contributed by atoms with van der Waals surface area (Å²) in [6, 6.07) is 14.9. The molecule has 1 fully saturated rings. The van der Waals surface area contributed by atoms with Crippen LogP contribution in [0.5, 0.6) is 0 Å². The standard InChI is InChI=1S/C24H24F2S/c1-15(2)12-20-10-11-23(27-20)24-21(25)13-19(14-22(24)26)18-8-6-17(7-9-18)16-4-3-5-16/h6-11,13-16H,3-5,12H2,1-2H3. The molecular weight excluding hydrogens is 358 g/mol. The molecule has 27 heavy (non-hydrogen) atoms. The molecule has 0 bridgehead atoms. The Balaban J connectivity index is 1.62. The first-order chi connectivity index (χ1) is 13.0. The summed E-state index contributed by atoms with van der Waals surface area (Å²) in [5, 5.41) is 0. The maximum absolute atomic E-state index is 14.8. The van der Waals surface area contributed by atoms with Gasteiger partial charge in [-0.1, -0.05) is 44.5 Å². The van der Waals surface area contributed by atoms with E-state index in [1.165, 1.54) is 48.3 Å². The lowest BCUT2D eigenvalue weighted by Crippen LogP contribution is -2.08. The summed E-state index contributed by atoms with van der Waals surface area (Å²) < 4.78 is 29.6. The molecule has 0 saturated heterocycles. The van der Waals surface area contributed by atoms with Crippen LogP contribution in [0.25, 0.3) is 21.6 Å². The van der Waals surface area contributed by atoms with E-state index in [2.05, 4.69) is 26.0 Å². The molecule has 0 amide bonds. The van der Waals surface area contributed by atoms with Gasteiger partial charge in [-0.2, -0.15) is 0 Å². The molecule has 0 atom stereocenters. The van der Waals surface area contributed by atoms with Crippen LogP contribution in [0, 0.1) is 17.6 Å². The molecule has 4 rings (SSSR count). The van der Waals surface area contributed by atoms with E-state index in [9.17, 15) is 8.78 Å². The van der Waals surface area contributed by atoms with E-state index in [4.69, 9.17) is 0 Å². The fourth-order valence-electron chi connectivity index (χ4n) is 3.69. The lowest BCUT2D eigenvalue weighted by molar-refractivity contribution is 0.420. The largest absolute Gasteiger partial charge is 0.206 e. The third-order valence-electron chi connectivity index (χ3n) is 5.38. The molecule has 3 aromatic rings. The first-order valence-electron chi connectivity index (χ1n) is 9.69. The van der Waals surface area contributed by atoms with Crippen LogP contribution in [0.4, 0.5) is 8.78 Å². The molecule has 1 aromatic heterocycles. The summed E-state index contributed by atoms with van der Waals surface area (Å²) in [4.78, 5) is 1.82. The van der Waals surface area contributed by atoms with Gasteiger partial charge in [0.2, 0.25) is 0 Å². The molecule has 1 aliphatic rings. The van der Waals surface area contributed by atoms with Gasteiger partial charge in [0.1, 0.15) is 11.6 Å². The molecule has 0 nitrogen and oxygen atoms in total. The second-order valence-electron chi connectivity index (χ2n) is 7.93. The summed E-state index contributed by atoms with van der Waals surface area (Å²) in [5.41, 5.74) is 2.87. The highest BCUT2D eigenvalue weighted by molar-refractivity contribution is 7.15. The van der Waals surface area contributed by atoms with Gasteiger partial charge in [0.25, 0.3) is 0 Å². The minimum atomic E-state index is -0.494. The van der Waals surface area contributed by atoms with Gasteiger partial charge in [-0.3, -0.25) is 0 Å². The first kappa shape index (κ1) is 18.4. The van der Waals surface area contributed by atoms with Crippen molar-refractivity contribution in [2.24, 2.45) is 5.92 Å². The maximum Gasteiger partial charge on any atom is 0.135 e. The van der Waals surface area contributed by atoms with Crippen molar-refractivity contribution in [3.05, 3.63) is 70.6 Å². The lowest BCUT2D eigenvalue weighted by Gasteiger charge is -2.25. The first-order valence-corrected chi connectivity index (χ1v) is 10.5. The van der Waals surface area contributed by atoms with Crippen molar-refractivity contribution < 1.29 is 8.78 Å². The predicted molar refractivity (Wildman–Crippen MR) is 110 cm³/mol. The molecule has 0 unspecified atom stereocenters. The van der Waals surface area contributed by atoms with Gasteiger partial charge in [0, 0.05) is 9.75 Å². The maximum atomic E-state index is 14.8. The minimum absolute atomic E-state index is 0.0878. The normalized spacial score (nSPS) is 14.6. The van der Waals surface area contributed by atoms with Gasteiger partial charge < -0.3 is 0 Å². The zero-order valence-corrected chi connectivity index (χ0v) is 16.6. The third-order valence-corrected chi connectivity index (χ3v) is 6.51.